The van der Waals surface area contributed by atoms with Crippen molar-refractivity contribution in [3.8, 4) is 5.75 Å². The molecule has 1 amide bonds. The van der Waals surface area contributed by atoms with Gasteiger partial charge in [-0.3, -0.25) is 10.1 Å². The summed E-state index contributed by atoms with van der Waals surface area (Å²) in [5, 5.41) is 10.3. The number of nitrogens with zero attached hydrogens (tertiary/aromatic N) is 2. The van der Waals surface area contributed by atoms with Crippen LogP contribution in [-0.2, 0) is 17.6 Å². The summed E-state index contributed by atoms with van der Waals surface area (Å²) >= 11 is 0. The maximum absolute atomic E-state index is 12.9. The Balaban J connectivity index is 1.57. The van der Waals surface area contributed by atoms with Gasteiger partial charge in [0.25, 0.3) is 0 Å². The highest BCUT2D eigenvalue weighted by molar-refractivity contribution is 5.90. The first-order valence-electron chi connectivity index (χ1n) is 7.62. The highest BCUT2D eigenvalue weighted by atomic mass is 19.1. The second-order valence-corrected chi connectivity index (χ2v) is 5.38. The van der Waals surface area contributed by atoms with E-state index in [0.29, 0.717) is 17.9 Å². The number of anilines is 1. The Morgan fingerprint density at radius 3 is 2.44 bits per heavy atom. The van der Waals surface area contributed by atoms with E-state index in [9.17, 15) is 9.18 Å². The molecule has 0 saturated carbocycles. The van der Waals surface area contributed by atoms with Crippen molar-refractivity contribution in [1.29, 1.82) is 0 Å². The number of rotatable bonds is 6. The predicted octanol–water partition coefficient (Wildman–Crippen LogP) is 2.99. The van der Waals surface area contributed by atoms with Crippen molar-refractivity contribution in [2.75, 3.05) is 12.4 Å². The van der Waals surface area contributed by atoms with Crippen LogP contribution in [0.1, 0.15) is 17.0 Å². The van der Waals surface area contributed by atoms with Crippen LogP contribution in [0.15, 0.2) is 52.9 Å². The maximum atomic E-state index is 12.9. The molecule has 0 bridgehead atoms. The second-order valence-electron chi connectivity index (χ2n) is 5.38. The van der Waals surface area contributed by atoms with Crippen LogP contribution in [-0.4, -0.2) is 23.2 Å². The number of amides is 1. The molecule has 1 N–H and O–H groups in total. The number of nitrogens with one attached hydrogen (secondary N) is 1. The number of hydrogen-bond donors (Lipinski definition) is 1. The first-order chi connectivity index (χ1) is 12.1. The van der Waals surface area contributed by atoms with Gasteiger partial charge in [0.05, 0.1) is 20.0 Å². The van der Waals surface area contributed by atoms with E-state index in [4.69, 9.17) is 9.15 Å². The Kier molecular flexibility index (Phi) is 5.03. The fraction of sp³-hybridized carbons (Fsp3) is 0.167. The van der Waals surface area contributed by atoms with Crippen LogP contribution in [0.2, 0.25) is 0 Å². The van der Waals surface area contributed by atoms with Gasteiger partial charge in [-0.25, -0.2) is 4.39 Å². The lowest BCUT2D eigenvalue weighted by Crippen LogP contribution is -2.14. The summed E-state index contributed by atoms with van der Waals surface area (Å²) in [7, 11) is 1.61. The van der Waals surface area contributed by atoms with E-state index >= 15 is 0 Å². The highest BCUT2D eigenvalue weighted by Gasteiger charge is 2.11. The molecule has 3 rings (SSSR count). The van der Waals surface area contributed by atoms with Gasteiger partial charge in [-0.15, -0.1) is 5.10 Å². The van der Waals surface area contributed by atoms with Gasteiger partial charge in [0, 0.05) is 0 Å². The molecule has 1 heterocycles. The fourth-order valence-corrected chi connectivity index (χ4v) is 2.24. The van der Waals surface area contributed by atoms with Gasteiger partial charge in [-0.05, 0) is 35.4 Å². The number of halogens is 1. The first-order valence-corrected chi connectivity index (χ1v) is 7.62. The molecule has 2 aromatic carbocycles. The second kappa shape index (κ2) is 7.57. The molecule has 0 saturated heterocycles. The Bertz CT molecular complexity index is 845. The van der Waals surface area contributed by atoms with Gasteiger partial charge in [-0.2, -0.15) is 0 Å². The monoisotopic (exact) mass is 341 g/mol. The maximum Gasteiger partial charge on any atom is 0.322 e. The summed E-state index contributed by atoms with van der Waals surface area (Å²) in [6.07, 6.45) is 0.543. The van der Waals surface area contributed by atoms with Gasteiger partial charge >= 0.3 is 6.01 Å². The first kappa shape index (κ1) is 16.6. The van der Waals surface area contributed by atoms with E-state index in [-0.39, 0.29) is 24.2 Å². The van der Waals surface area contributed by atoms with Gasteiger partial charge in [0.2, 0.25) is 11.8 Å². The van der Waals surface area contributed by atoms with Crippen molar-refractivity contribution in [1.82, 2.24) is 10.2 Å². The van der Waals surface area contributed by atoms with E-state index < -0.39 is 0 Å². The number of carbonyl (C=O) groups is 1. The lowest BCUT2D eigenvalue weighted by Gasteiger charge is -2.01. The van der Waals surface area contributed by atoms with Crippen molar-refractivity contribution in [3.05, 3.63) is 71.4 Å². The average molecular weight is 341 g/mol. The zero-order valence-corrected chi connectivity index (χ0v) is 13.5. The van der Waals surface area contributed by atoms with E-state index in [1.54, 1.807) is 19.2 Å². The summed E-state index contributed by atoms with van der Waals surface area (Å²) in [4.78, 5) is 12.0. The predicted molar refractivity (Wildman–Crippen MR) is 88.8 cm³/mol. The van der Waals surface area contributed by atoms with Crippen LogP contribution < -0.4 is 10.1 Å². The van der Waals surface area contributed by atoms with Gasteiger partial charge in [-0.1, -0.05) is 29.4 Å². The lowest BCUT2D eigenvalue weighted by atomic mass is 10.1. The largest absolute Gasteiger partial charge is 0.497 e. The minimum Gasteiger partial charge on any atom is -0.497 e. The molecule has 0 aliphatic carbocycles. The standard InChI is InChI=1S/C18H16FN3O3/c1-24-15-8-4-13(5-9-15)11-17-21-22-18(25-17)20-16(23)10-12-2-6-14(19)7-3-12/h2-9H,10-11H2,1H3,(H,20,22,23). The molecule has 0 unspecified atom stereocenters. The molecule has 25 heavy (non-hydrogen) atoms. The van der Waals surface area contributed by atoms with Crippen LogP contribution in [0, 0.1) is 5.82 Å². The van der Waals surface area contributed by atoms with Crippen molar-refractivity contribution in [3.63, 3.8) is 0 Å². The minimum atomic E-state index is -0.343. The van der Waals surface area contributed by atoms with Crippen LogP contribution >= 0.6 is 0 Å². The van der Waals surface area contributed by atoms with Crippen LogP contribution in [0.25, 0.3) is 0 Å². The van der Waals surface area contributed by atoms with E-state index in [2.05, 4.69) is 15.5 Å². The molecular weight excluding hydrogens is 325 g/mol. The molecule has 7 heteroatoms. The normalized spacial score (nSPS) is 10.5. The summed E-state index contributed by atoms with van der Waals surface area (Å²) in [6, 6.07) is 13.2. The van der Waals surface area contributed by atoms with Crippen molar-refractivity contribution < 1.29 is 18.3 Å². The van der Waals surface area contributed by atoms with Crippen molar-refractivity contribution in [2.45, 2.75) is 12.8 Å². The van der Waals surface area contributed by atoms with E-state index in [1.165, 1.54) is 12.1 Å². The van der Waals surface area contributed by atoms with Crippen LogP contribution in [0.4, 0.5) is 10.4 Å². The van der Waals surface area contributed by atoms with Gasteiger partial charge < -0.3 is 9.15 Å². The smallest absolute Gasteiger partial charge is 0.322 e. The Morgan fingerprint density at radius 2 is 1.76 bits per heavy atom. The van der Waals surface area contributed by atoms with E-state index in [0.717, 1.165) is 11.3 Å². The number of aromatic nitrogens is 2. The fourth-order valence-electron chi connectivity index (χ4n) is 2.24. The Labute approximate surface area is 143 Å². The van der Waals surface area contributed by atoms with Gasteiger partial charge in [0.1, 0.15) is 11.6 Å². The molecular formula is C18H16FN3O3. The third kappa shape index (κ3) is 4.63. The summed E-state index contributed by atoms with van der Waals surface area (Å²) in [6.45, 7) is 0. The van der Waals surface area contributed by atoms with Crippen LogP contribution in [0.3, 0.4) is 0 Å². The molecule has 0 atom stereocenters. The molecule has 6 nitrogen and oxygen atoms in total. The zero-order chi connectivity index (χ0) is 17.6. The molecule has 0 fully saturated rings. The number of methoxy groups -OCH3 is 1. The summed E-state index contributed by atoms with van der Waals surface area (Å²) in [5.41, 5.74) is 1.67. The van der Waals surface area contributed by atoms with Gasteiger partial charge in [0.15, 0.2) is 0 Å². The average Bonchev–Trinajstić information content (AvgIpc) is 3.04. The minimum absolute atomic E-state index is 0.0376. The van der Waals surface area contributed by atoms with E-state index in [1.807, 2.05) is 24.3 Å². The Morgan fingerprint density at radius 1 is 1.08 bits per heavy atom. The quantitative estimate of drug-likeness (QED) is 0.746. The number of carbonyl (C=O) groups excluding carboxylic acids is 1. The zero-order valence-electron chi connectivity index (χ0n) is 13.5. The number of benzene rings is 2. The number of hydrogen-bond acceptors (Lipinski definition) is 5. The van der Waals surface area contributed by atoms with Crippen molar-refractivity contribution in [2.24, 2.45) is 0 Å². The third-order valence-corrected chi connectivity index (χ3v) is 3.51. The number of ether oxygens (including phenoxy) is 1. The Hall–Kier alpha value is -3.22. The molecule has 0 aliphatic rings. The molecule has 0 radical (unpaired) electrons. The summed E-state index contributed by atoms with van der Waals surface area (Å²) < 4.78 is 23.4. The molecule has 0 aliphatic heterocycles. The summed E-state index contributed by atoms with van der Waals surface area (Å²) in [5.74, 6) is 0.501. The third-order valence-electron chi connectivity index (χ3n) is 3.51. The molecule has 0 spiro atoms. The highest BCUT2D eigenvalue weighted by Crippen LogP contribution is 2.15. The van der Waals surface area contributed by atoms with Crippen LogP contribution in [0.5, 0.6) is 5.75 Å². The molecule has 1 aromatic heterocycles. The van der Waals surface area contributed by atoms with Crippen molar-refractivity contribution >= 4 is 11.9 Å². The SMILES string of the molecule is COc1ccc(Cc2nnc(NC(=O)Cc3ccc(F)cc3)o2)cc1. The lowest BCUT2D eigenvalue weighted by molar-refractivity contribution is -0.115. The molecule has 3 aromatic rings. The molecule has 128 valence electrons. The topological polar surface area (TPSA) is 77.3 Å².